The Morgan fingerprint density at radius 1 is 1.20 bits per heavy atom. The van der Waals surface area contributed by atoms with E-state index in [0.717, 1.165) is 18.5 Å². The van der Waals surface area contributed by atoms with Gasteiger partial charge in [0.25, 0.3) is 0 Å². The number of hydrogen-bond acceptors (Lipinski definition) is 4. The Balaban J connectivity index is 1.74. The van der Waals surface area contributed by atoms with Gasteiger partial charge >= 0.3 is 0 Å². The first-order valence-electron chi connectivity index (χ1n) is 6.42. The van der Waals surface area contributed by atoms with Crippen molar-refractivity contribution in [2.45, 2.75) is 12.5 Å². The molecular weight excluding hydrogens is 276 g/mol. The fraction of sp³-hybridized carbons (Fsp3) is 0.267. The van der Waals surface area contributed by atoms with E-state index < -0.39 is 6.10 Å². The number of nitrogens with one attached hydrogen (secondary N) is 1. The highest BCUT2D eigenvalue weighted by Crippen LogP contribution is 2.15. The molecule has 0 fully saturated rings. The van der Waals surface area contributed by atoms with Crippen LogP contribution >= 0.6 is 11.6 Å². The molecule has 0 unspecified atom stereocenters. The largest absolute Gasteiger partial charge is 0.508 e. The first-order valence-corrected chi connectivity index (χ1v) is 6.80. The molecule has 0 amide bonds. The molecule has 0 saturated carbocycles. The fourth-order valence-corrected chi connectivity index (χ4v) is 2.04. The van der Waals surface area contributed by atoms with Crippen LogP contribution in [0, 0.1) is 0 Å². The maximum absolute atomic E-state index is 9.98. The summed E-state index contributed by atoms with van der Waals surface area (Å²) in [5.74, 6) is 0.269. The van der Waals surface area contributed by atoms with Crippen LogP contribution in [0.2, 0.25) is 5.02 Å². The normalized spacial score (nSPS) is 12.3. The molecule has 2 aromatic rings. The van der Waals surface area contributed by atoms with Gasteiger partial charge in [0, 0.05) is 24.5 Å². The van der Waals surface area contributed by atoms with Crippen molar-refractivity contribution in [2.75, 3.05) is 13.1 Å². The minimum Gasteiger partial charge on any atom is -0.508 e. The lowest BCUT2D eigenvalue weighted by molar-refractivity contribution is 0.174. The number of aromatic hydroxyl groups is 1. The van der Waals surface area contributed by atoms with E-state index in [0.29, 0.717) is 17.1 Å². The van der Waals surface area contributed by atoms with E-state index in [9.17, 15) is 10.2 Å². The predicted octanol–water partition coefficient (Wildman–Crippen LogP) is 2.31. The third kappa shape index (κ3) is 4.49. The zero-order chi connectivity index (χ0) is 14.4. The lowest BCUT2D eigenvalue weighted by Gasteiger charge is -2.12. The molecule has 106 valence electrons. The van der Waals surface area contributed by atoms with Gasteiger partial charge < -0.3 is 15.5 Å². The van der Waals surface area contributed by atoms with Gasteiger partial charge in [-0.1, -0.05) is 23.7 Å². The summed E-state index contributed by atoms with van der Waals surface area (Å²) in [7, 11) is 0. The van der Waals surface area contributed by atoms with Crippen molar-refractivity contribution in [3.8, 4) is 5.75 Å². The molecule has 1 aromatic carbocycles. The highest BCUT2D eigenvalue weighted by Gasteiger charge is 2.07. The van der Waals surface area contributed by atoms with Crippen LogP contribution in [0.1, 0.15) is 17.2 Å². The van der Waals surface area contributed by atoms with Crippen LogP contribution in [-0.2, 0) is 6.42 Å². The molecule has 1 heterocycles. The lowest BCUT2D eigenvalue weighted by Crippen LogP contribution is -2.23. The molecule has 0 spiro atoms. The van der Waals surface area contributed by atoms with Crippen LogP contribution in [0.15, 0.2) is 42.7 Å². The maximum Gasteiger partial charge on any atom is 0.115 e. The van der Waals surface area contributed by atoms with Crippen molar-refractivity contribution in [3.05, 3.63) is 58.9 Å². The van der Waals surface area contributed by atoms with Gasteiger partial charge in [-0.25, -0.2) is 0 Å². The summed E-state index contributed by atoms with van der Waals surface area (Å²) in [5, 5.41) is 22.9. The molecule has 0 aliphatic carbocycles. The Bertz CT molecular complexity index is 546. The fourth-order valence-electron chi connectivity index (χ4n) is 1.86. The van der Waals surface area contributed by atoms with Gasteiger partial charge in [-0.2, -0.15) is 0 Å². The number of hydrogen-bond donors (Lipinski definition) is 3. The molecule has 5 heteroatoms. The molecule has 0 aliphatic heterocycles. The number of halogens is 1. The van der Waals surface area contributed by atoms with Gasteiger partial charge in [-0.05, 0) is 36.7 Å². The van der Waals surface area contributed by atoms with Crippen molar-refractivity contribution in [2.24, 2.45) is 0 Å². The van der Waals surface area contributed by atoms with Crippen LogP contribution < -0.4 is 5.32 Å². The molecule has 0 aliphatic rings. The molecule has 4 nitrogen and oxygen atoms in total. The second-order valence-corrected chi connectivity index (χ2v) is 5.01. The first-order chi connectivity index (χ1) is 9.65. The number of aliphatic hydroxyl groups is 1. The topological polar surface area (TPSA) is 65.4 Å². The number of phenolic OH excluding ortho intramolecular Hbond substituents is 1. The van der Waals surface area contributed by atoms with Gasteiger partial charge in [0.2, 0.25) is 0 Å². The lowest BCUT2D eigenvalue weighted by atomic mass is 10.1. The summed E-state index contributed by atoms with van der Waals surface area (Å²) in [4.78, 5) is 3.95. The van der Waals surface area contributed by atoms with E-state index in [1.54, 1.807) is 24.4 Å². The Labute approximate surface area is 123 Å². The van der Waals surface area contributed by atoms with Crippen LogP contribution in [-0.4, -0.2) is 28.3 Å². The van der Waals surface area contributed by atoms with Crippen LogP contribution in [0.4, 0.5) is 0 Å². The van der Waals surface area contributed by atoms with Gasteiger partial charge in [0.1, 0.15) is 5.75 Å². The van der Waals surface area contributed by atoms with E-state index in [4.69, 9.17) is 11.6 Å². The maximum atomic E-state index is 9.98. The van der Waals surface area contributed by atoms with E-state index in [1.165, 1.54) is 6.20 Å². The SMILES string of the molecule is Oc1ccc(CCNC[C@@H](O)c2cncc(Cl)c2)cc1. The third-order valence-corrected chi connectivity index (χ3v) is 3.18. The molecule has 1 aromatic heterocycles. The average Bonchev–Trinajstić information content (AvgIpc) is 2.45. The summed E-state index contributed by atoms with van der Waals surface area (Å²) in [5.41, 5.74) is 1.84. The third-order valence-electron chi connectivity index (χ3n) is 2.98. The Hall–Kier alpha value is -1.62. The number of nitrogens with zero attached hydrogens (tertiary/aromatic N) is 1. The quantitative estimate of drug-likeness (QED) is 0.715. The number of pyridine rings is 1. The zero-order valence-corrected chi connectivity index (χ0v) is 11.7. The molecule has 1 atom stereocenters. The minimum absolute atomic E-state index is 0.269. The highest BCUT2D eigenvalue weighted by molar-refractivity contribution is 6.30. The summed E-state index contributed by atoms with van der Waals surface area (Å²) in [6, 6.07) is 8.81. The van der Waals surface area contributed by atoms with Gasteiger partial charge in [0.05, 0.1) is 11.1 Å². The smallest absolute Gasteiger partial charge is 0.115 e. The van der Waals surface area contributed by atoms with Crippen LogP contribution in [0.5, 0.6) is 5.75 Å². The summed E-state index contributed by atoms with van der Waals surface area (Å²) >= 11 is 5.83. The van der Waals surface area contributed by atoms with Crippen molar-refractivity contribution in [3.63, 3.8) is 0 Å². The number of benzene rings is 1. The summed E-state index contributed by atoms with van der Waals surface area (Å²) in [6.45, 7) is 1.19. The van der Waals surface area contributed by atoms with Crippen molar-refractivity contribution >= 4 is 11.6 Å². The molecule has 2 rings (SSSR count). The summed E-state index contributed by atoms with van der Waals surface area (Å²) < 4.78 is 0. The van der Waals surface area contributed by atoms with Crippen molar-refractivity contribution < 1.29 is 10.2 Å². The van der Waals surface area contributed by atoms with E-state index >= 15 is 0 Å². The molecule has 20 heavy (non-hydrogen) atoms. The summed E-state index contributed by atoms with van der Waals surface area (Å²) in [6.07, 6.45) is 3.36. The number of aliphatic hydroxyl groups excluding tert-OH is 1. The van der Waals surface area contributed by atoms with Gasteiger partial charge in [0.15, 0.2) is 0 Å². The standard InChI is InChI=1S/C15H17ClN2O2/c16-13-7-12(8-18-9-13)15(20)10-17-6-5-11-1-3-14(19)4-2-11/h1-4,7-9,15,17,19-20H,5-6,10H2/t15-/m1/s1. The van der Waals surface area contributed by atoms with E-state index in [1.807, 2.05) is 12.1 Å². The Kier molecular flexibility index (Phi) is 5.35. The van der Waals surface area contributed by atoms with Crippen LogP contribution in [0.3, 0.4) is 0 Å². The zero-order valence-electron chi connectivity index (χ0n) is 11.0. The number of rotatable bonds is 6. The second-order valence-electron chi connectivity index (χ2n) is 4.57. The minimum atomic E-state index is -0.624. The van der Waals surface area contributed by atoms with Gasteiger partial charge in [-0.3, -0.25) is 4.98 Å². The highest BCUT2D eigenvalue weighted by atomic mass is 35.5. The van der Waals surface area contributed by atoms with Gasteiger partial charge in [-0.15, -0.1) is 0 Å². The Morgan fingerprint density at radius 3 is 2.65 bits per heavy atom. The molecule has 0 saturated heterocycles. The first kappa shape index (κ1) is 14.8. The molecule has 0 radical (unpaired) electrons. The Morgan fingerprint density at radius 2 is 1.95 bits per heavy atom. The number of phenols is 1. The monoisotopic (exact) mass is 292 g/mol. The predicted molar refractivity (Wildman–Crippen MR) is 78.9 cm³/mol. The van der Waals surface area contributed by atoms with Crippen molar-refractivity contribution in [1.29, 1.82) is 0 Å². The molecule has 0 bridgehead atoms. The van der Waals surface area contributed by atoms with Crippen LogP contribution in [0.25, 0.3) is 0 Å². The van der Waals surface area contributed by atoms with Crippen molar-refractivity contribution in [1.82, 2.24) is 10.3 Å². The molecule has 3 N–H and O–H groups in total. The number of aromatic nitrogens is 1. The second kappa shape index (κ2) is 7.24. The van der Waals surface area contributed by atoms with E-state index in [2.05, 4.69) is 10.3 Å². The average molecular weight is 293 g/mol. The van der Waals surface area contributed by atoms with E-state index in [-0.39, 0.29) is 5.75 Å². The molecular formula is C15H17ClN2O2.